The van der Waals surface area contributed by atoms with Crippen molar-refractivity contribution in [2.24, 2.45) is 0 Å². The summed E-state index contributed by atoms with van der Waals surface area (Å²) in [7, 11) is 0. The molecule has 1 aliphatic rings. The first-order valence-electron chi connectivity index (χ1n) is 6.63. The van der Waals surface area contributed by atoms with Crippen molar-refractivity contribution in [1.82, 2.24) is 9.80 Å². The molecule has 1 aliphatic heterocycles. The molecular formula is C14H19Cl2FN2. The van der Waals surface area contributed by atoms with Gasteiger partial charge in [0.15, 0.2) is 0 Å². The van der Waals surface area contributed by atoms with Gasteiger partial charge < -0.3 is 4.90 Å². The van der Waals surface area contributed by atoms with E-state index in [0.717, 1.165) is 51.3 Å². The van der Waals surface area contributed by atoms with Crippen molar-refractivity contribution in [1.29, 1.82) is 0 Å². The molecule has 0 bridgehead atoms. The van der Waals surface area contributed by atoms with Crippen LogP contribution in [-0.4, -0.2) is 48.4 Å². The van der Waals surface area contributed by atoms with Crippen LogP contribution in [0.3, 0.4) is 0 Å². The normalized spacial score (nSPS) is 18.5. The molecule has 0 spiro atoms. The fraction of sp³-hybridized carbons (Fsp3) is 0.571. The van der Waals surface area contributed by atoms with Gasteiger partial charge in [-0.2, -0.15) is 0 Å². The van der Waals surface area contributed by atoms with E-state index in [1.807, 2.05) is 6.07 Å². The lowest BCUT2D eigenvalue weighted by atomic mass is 10.2. The molecule has 0 atom stereocenters. The number of hydrogen-bond acceptors (Lipinski definition) is 2. The van der Waals surface area contributed by atoms with E-state index in [1.165, 1.54) is 6.07 Å². The van der Waals surface area contributed by atoms with Gasteiger partial charge >= 0.3 is 0 Å². The van der Waals surface area contributed by atoms with Crippen LogP contribution in [-0.2, 0) is 6.54 Å². The Balaban J connectivity index is 1.90. The summed E-state index contributed by atoms with van der Waals surface area (Å²) in [5.41, 5.74) is 0.979. The second kappa shape index (κ2) is 7.44. The van der Waals surface area contributed by atoms with Crippen LogP contribution in [0, 0.1) is 5.82 Å². The Labute approximate surface area is 124 Å². The van der Waals surface area contributed by atoms with Crippen LogP contribution in [0.1, 0.15) is 12.0 Å². The topological polar surface area (TPSA) is 6.48 Å². The van der Waals surface area contributed by atoms with Gasteiger partial charge in [-0.25, -0.2) is 4.39 Å². The van der Waals surface area contributed by atoms with Crippen molar-refractivity contribution in [3.05, 3.63) is 34.6 Å². The van der Waals surface area contributed by atoms with Crippen molar-refractivity contribution in [3.63, 3.8) is 0 Å². The first-order chi connectivity index (χ1) is 9.19. The maximum Gasteiger partial charge on any atom is 0.142 e. The van der Waals surface area contributed by atoms with E-state index in [2.05, 4.69) is 9.80 Å². The van der Waals surface area contributed by atoms with Crippen LogP contribution in [0.4, 0.5) is 4.39 Å². The predicted octanol–water partition coefficient (Wildman–Crippen LogP) is 3.23. The van der Waals surface area contributed by atoms with Crippen LogP contribution in [0.5, 0.6) is 0 Å². The SMILES string of the molecule is Fc1cc(CN2CCCN(CCCl)CC2)ccc1Cl. The predicted molar refractivity (Wildman–Crippen MR) is 78.5 cm³/mol. The molecule has 2 nitrogen and oxygen atoms in total. The van der Waals surface area contributed by atoms with Crippen molar-refractivity contribution >= 4 is 23.2 Å². The van der Waals surface area contributed by atoms with Gasteiger partial charge in [-0.15, -0.1) is 11.6 Å². The molecule has 1 aromatic rings. The molecule has 0 saturated carbocycles. The van der Waals surface area contributed by atoms with Crippen molar-refractivity contribution in [2.75, 3.05) is 38.6 Å². The Morgan fingerprint density at radius 1 is 1.11 bits per heavy atom. The lowest BCUT2D eigenvalue weighted by Gasteiger charge is -2.21. The summed E-state index contributed by atoms with van der Waals surface area (Å²) in [5, 5.41) is 0.188. The third-order valence-corrected chi connectivity index (χ3v) is 3.95. The summed E-state index contributed by atoms with van der Waals surface area (Å²) in [5.74, 6) is 0.348. The van der Waals surface area contributed by atoms with E-state index in [4.69, 9.17) is 23.2 Å². The smallest absolute Gasteiger partial charge is 0.142 e. The first kappa shape index (κ1) is 15.0. The fourth-order valence-electron chi connectivity index (χ4n) is 2.42. The average molecular weight is 305 g/mol. The largest absolute Gasteiger partial charge is 0.301 e. The monoisotopic (exact) mass is 304 g/mol. The van der Waals surface area contributed by atoms with E-state index in [-0.39, 0.29) is 10.8 Å². The van der Waals surface area contributed by atoms with Gasteiger partial charge in [0.05, 0.1) is 5.02 Å². The molecule has 5 heteroatoms. The molecule has 1 saturated heterocycles. The number of hydrogen-bond donors (Lipinski definition) is 0. The lowest BCUT2D eigenvalue weighted by molar-refractivity contribution is 0.258. The molecule has 1 aromatic carbocycles. The van der Waals surface area contributed by atoms with E-state index in [9.17, 15) is 4.39 Å². The molecule has 1 heterocycles. The molecule has 106 valence electrons. The molecule has 0 aliphatic carbocycles. The number of benzene rings is 1. The molecule has 0 N–H and O–H groups in total. The molecular weight excluding hydrogens is 286 g/mol. The second-order valence-corrected chi connectivity index (χ2v) is 5.69. The Morgan fingerprint density at radius 2 is 1.84 bits per heavy atom. The quantitative estimate of drug-likeness (QED) is 0.788. The molecule has 2 rings (SSSR count). The fourth-order valence-corrected chi connectivity index (χ4v) is 2.78. The highest BCUT2D eigenvalue weighted by atomic mass is 35.5. The minimum atomic E-state index is -0.335. The third-order valence-electron chi connectivity index (χ3n) is 3.47. The highest BCUT2D eigenvalue weighted by Gasteiger charge is 2.14. The summed E-state index contributed by atoms with van der Waals surface area (Å²) in [6.45, 7) is 5.90. The van der Waals surface area contributed by atoms with Crippen molar-refractivity contribution < 1.29 is 4.39 Å². The van der Waals surface area contributed by atoms with Gasteiger partial charge in [-0.3, -0.25) is 4.90 Å². The third kappa shape index (κ3) is 4.60. The zero-order valence-electron chi connectivity index (χ0n) is 10.9. The van der Waals surface area contributed by atoms with Crippen molar-refractivity contribution in [2.45, 2.75) is 13.0 Å². The minimum absolute atomic E-state index is 0.188. The maximum absolute atomic E-state index is 13.4. The van der Waals surface area contributed by atoms with Gasteiger partial charge in [0.1, 0.15) is 5.82 Å². The van der Waals surface area contributed by atoms with Crippen LogP contribution < -0.4 is 0 Å². The van der Waals surface area contributed by atoms with Crippen molar-refractivity contribution in [3.8, 4) is 0 Å². The van der Waals surface area contributed by atoms with Gasteiger partial charge in [0, 0.05) is 32.1 Å². The second-order valence-electron chi connectivity index (χ2n) is 4.91. The number of nitrogens with zero attached hydrogens (tertiary/aromatic N) is 2. The lowest BCUT2D eigenvalue weighted by Crippen LogP contribution is -2.31. The Morgan fingerprint density at radius 3 is 2.58 bits per heavy atom. The highest BCUT2D eigenvalue weighted by Crippen LogP contribution is 2.17. The minimum Gasteiger partial charge on any atom is -0.301 e. The van der Waals surface area contributed by atoms with Crippen LogP contribution in [0.2, 0.25) is 5.02 Å². The van der Waals surface area contributed by atoms with Crippen LogP contribution in [0.15, 0.2) is 18.2 Å². The highest BCUT2D eigenvalue weighted by molar-refractivity contribution is 6.30. The summed E-state index contributed by atoms with van der Waals surface area (Å²) >= 11 is 11.5. The number of rotatable bonds is 4. The van der Waals surface area contributed by atoms with E-state index in [0.29, 0.717) is 5.88 Å². The van der Waals surface area contributed by atoms with Crippen LogP contribution in [0.25, 0.3) is 0 Å². The maximum atomic E-state index is 13.4. The zero-order valence-corrected chi connectivity index (χ0v) is 12.4. The average Bonchev–Trinajstić information content (AvgIpc) is 2.60. The summed E-state index contributed by atoms with van der Waals surface area (Å²) in [6, 6.07) is 5.06. The van der Waals surface area contributed by atoms with Gasteiger partial charge in [0.2, 0.25) is 0 Å². The number of halogens is 3. The molecule has 19 heavy (non-hydrogen) atoms. The molecule has 0 aromatic heterocycles. The van der Waals surface area contributed by atoms with Gasteiger partial charge in [-0.05, 0) is 37.2 Å². The Bertz CT molecular complexity index is 414. The molecule has 0 amide bonds. The molecule has 0 radical (unpaired) electrons. The summed E-state index contributed by atoms with van der Waals surface area (Å²) < 4.78 is 13.4. The number of alkyl halides is 1. The first-order valence-corrected chi connectivity index (χ1v) is 7.55. The summed E-state index contributed by atoms with van der Waals surface area (Å²) in [4.78, 5) is 4.74. The van der Waals surface area contributed by atoms with Gasteiger partial charge in [0.25, 0.3) is 0 Å². The van der Waals surface area contributed by atoms with Crippen LogP contribution >= 0.6 is 23.2 Å². The Kier molecular flexibility index (Phi) is 5.89. The zero-order chi connectivity index (χ0) is 13.7. The molecule has 0 unspecified atom stereocenters. The Hall–Kier alpha value is -0.350. The molecule has 1 fully saturated rings. The van der Waals surface area contributed by atoms with Gasteiger partial charge in [-0.1, -0.05) is 17.7 Å². The van der Waals surface area contributed by atoms with E-state index >= 15 is 0 Å². The van der Waals surface area contributed by atoms with E-state index < -0.39 is 0 Å². The van der Waals surface area contributed by atoms with E-state index in [1.54, 1.807) is 6.07 Å². The standard InChI is InChI=1S/C14H19Cl2FN2/c15-4-7-18-5-1-6-19(9-8-18)11-12-2-3-13(16)14(17)10-12/h2-3,10H,1,4-9,11H2. The summed E-state index contributed by atoms with van der Waals surface area (Å²) in [6.07, 6.45) is 1.13.